The van der Waals surface area contributed by atoms with Crippen molar-refractivity contribution < 1.29 is 25.3 Å². The van der Waals surface area contributed by atoms with Crippen LogP contribution in [-0.2, 0) is 6.42 Å². The van der Waals surface area contributed by atoms with Crippen molar-refractivity contribution in [3.63, 3.8) is 0 Å². The number of nitrogens with zero attached hydrogens (tertiary/aromatic N) is 5. The van der Waals surface area contributed by atoms with Gasteiger partial charge in [-0.15, -0.1) is 0 Å². The number of nitro groups is 1. The average Bonchev–Trinajstić information content (AvgIpc) is 2.64. The number of likely N-dealkylation sites (tertiary alicyclic amines) is 1. The Balaban J connectivity index is 1.94. The van der Waals surface area contributed by atoms with Gasteiger partial charge in [-0.2, -0.15) is 0 Å². The van der Waals surface area contributed by atoms with Crippen molar-refractivity contribution >= 4 is 11.4 Å². The zero-order valence-electron chi connectivity index (χ0n) is 14.6. The molecule has 0 aliphatic carbocycles. The number of β-amino-alcohol motifs (C(OH)–C–C–N with tert-alkyl or cyclic N) is 1. The summed E-state index contributed by atoms with van der Waals surface area (Å²) in [6.07, 6.45) is -1.99. The summed E-state index contributed by atoms with van der Waals surface area (Å²) in [5, 5.41) is 53.4. The lowest BCUT2D eigenvalue weighted by molar-refractivity contribution is -0.385. The standard InChI is InChI=1S/C16H23N5O6/c17-19-18-11-5-4-10(12(7-11)21(26)27)3-1-2-6-20-8-14(23)16(25)15(24)13(20)9-22/h4-5,7,13-16,22-25H,1-3,6,8-9H2/t13-,14+,15-,16-/m1/s1. The van der Waals surface area contributed by atoms with Gasteiger partial charge in [-0.3, -0.25) is 15.0 Å². The molecule has 1 saturated heterocycles. The summed E-state index contributed by atoms with van der Waals surface area (Å²) in [4.78, 5) is 15.0. The molecule has 148 valence electrons. The van der Waals surface area contributed by atoms with Gasteiger partial charge in [0.2, 0.25) is 0 Å². The lowest BCUT2D eigenvalue weighted by atomic mass is 9.94. The lowest BCUT2D eigenvalue weighted by Crippen LogP contribution is -2.62. The van der Waals surface area contributed by atoms with E-state index in [-0.39, 0.29) is 24.5 Å². The molecular formula is C16H23N5O6. The number of hydrogen-bond acceptors (Lipinski definition) is 8. The van der Waals surface area contributed by atoms with E-state index in [0.717, 1.165) is 0 Å². The maximum absolute atomic E-state index is 11.2. The molecule has 0 aromatic heterocycles. The summed E-state index contributed by atoms with van der Waals surface area (Å²) in [7, 11) is 0. The molecule has 27 heavy (non-hydrogen) atoms. The molecule has 4 N–H and O–H groups in total. The van der Waals surface area contributed by atoms with Crippen molar-refractivity contribution in [1.29, 1.82) is 0 Å². The minimum Gasteiger partial charge on any atom is -0.395 e. The van der Waals surface area contributed by atoms with Gasteiger partial charge in [0.05, 0.1) is 23.7 Å². The summed E-state index contributed by atoms with van der Waals surface area (Å²) < 4.78 is 0. The maximum Gasteiger partial charge on any atom is 0.273 e. The highest BCUT2D eigenvalue weighted by Crippen LogP contribution is 2.27. The van der Waals surface area contributed by atoms with Crippen LogP contribution >= 0.6 is 0 Å². The van der Waals surface area contributed by atoms with Crippen molar-refractivity contribution in [2.75, 3.05) is 19.7 Å². The first kappa shape index (κ1) is 21.0. The van der Waals surface area contributed by atoms with Crippen molar-refractivity contribution in [2.45, 2.75) is 43.6 Å². The smallest absolute Gasteiger partial charge is 0.273 e. The lowest BCUT2D eigenvalue weighted by Gasteiger charge is -2.43. The fourth-order valence-corrected chi connectivity index (χ4v) is 3.31. The Morgan fingerprint density at radius 3 is 2.67 bits per heavy atom. The molecule has 1 aliphatic heterocycles. The number of azide groups is 1. The Kier molecular flexibility index (Phi) is 7.48. The molecule has 0 spiro atoms. The summed E-state index contributed by atoms with van der Waals surface area (Å²) >= 11 is 0. The van der Waals surface area contributed by atoms with Crippen LogP contribution < -0.4 is 0 Å². The van der Waals surface area contributed by atoms with E-state index in [0.29, 0.717) is 31.4 Å². The Labute approximate surface area is 155 Å². The molecule has 11 nitrogen and oxygen atoms in total. The molecule has 0 amide bonds. The van der Waals surface area contributed by atoms with E-state index >= 15 is 0 Å². The number of rotatable bonds is 8. The molecular weight excluding hydrogens is 358 g/mol. The van der Waals surface area contributed by atoms with Crippen molar-refractivity contribution in [2.24, 2.45) is 5.11 Å². The predicted molar refractivity (Wildman–Crippen MR) is 95.3 cm³/mol. The average molecular weight is 381 g/mol. The second-order valence-corrected chi connectivity index (χ2v) is 6.51. The van der Waals surface area contributed by atoms with E-state index in [4.69, 9.17) is 5.53 Å². The molecule has 2 rings (SSSR count). The molecule has 1 heterocycles. The summed E-state index contributed by atoms with van der Waals surface area (Å²) in [5.41, 5.74) is 9.01. The monoisotopic (exact) mass is 381 g/mol. The first-order valence-electron chi connectivity index (χ1n) is 8.60. The summed E-state index contributed by atoms with van der Waals surface area (Å²) in [6, 6.07) is 3.64. The molecule has 1 aliphatic rings. The third kappa shape index (κ3) is 5.13. The summed E-state index contributed by atoms with van der Waals surface area (Å²) in [6.45, 7) is 0.235. The van der Waals surface area contributed by atoms with Crippen LogP contribution in [0.25, 0.3) is 10.4 Å². The second-order valence-electron chi connectivity index (χ2n) is 6.51. The first-order valence-corrected chi connectivity index (χ1v) is 8.60. The van der Waals surface area contributed by atoms with Gasteiger partial charge in [0, 0.05) is 28.8 Å². The van der Waals surface area contributed by atoms with Crippen LogP contribution in [0.15, 0.2) is 23.3 Å². The normalized spacial score (nSPS) is 25.8. The highest BCUT2D eigenvalue weighted by molar-refractivity contribution is 5.52. The molecule has 4 atom stereocenters. The molecule has 1 aromatic carbocycles. The van der Waals surface area contributed by atoms with Crippen molar-refractivity contribution in [3.8, 4) is 0 Å². The number of unbranched alkanes of at least 4 members (excludes halogenated alkanes) is 1. The third-order valence-corrected chi connectivity index (χ3v) is 4.78. The van der Waals surface area contributed by atoms with Crippen LogP contribution in [0.3, 0.4) is 0 Å². The van der Waals surface area contributed by atoms with Crippen LogP contribution in [0.4, 0.5) is 11.4 Å². The van der Waals surface area contributed by atoms with Gasteiger partial charge in [-0.25, -0.2) is 0 Å². The van der Waals surface area contributed by atoms with Crippen molar-refractivity contribution in [1.82, 2.24) is 4.90 Å². The van der Waals surface area contributed by atoms with E-state index in [2.05, 4.69) is 10.0 Å². The van der Waals surface area contributed by atoms with E-state index < -0.39 is 29.3 Å². The fourth-order valence-electron chi connectivity index (χ4n) is 3.31. The van der Waals surface area contributed by atoms with E-state index in [1.54, 1.807) is 11.0 Å². The zero-order chi connectivity index (χ0) is 20.0. The largest absolute Gasteiger partial charge is 0.395 e. The molecule has 0 radical (unpaired) electrons. The van der Waals surface area contributed by atoms with E-state index in [9.17, 15) is 30.5 Å². The minimum absolute atomic E-state index is 0.111. The number of benzene rings is 1. The summed E-state index contributed by atoms with van der Waals surface area (Å²) in [5.74, 6) is 0. The fraction of sp³-hybridized carbons (Fsp3) is 0.625. The van der Waals surface area contributed by atoms with Gasteiger partial charge in [-0.1, -0.05) is 17.2 Å². The Hall–Kier alpha value is -2.27. The first-order chi connectivity index (χ1) is 12.9. The third-order valence-electron chi connectivity index (χ3n) is 4.78. The van der Waals surface area contributed by atoms with Gasteiger partial charge >= 0.3 is 0 Å². The maximum atomic E-state index is 11.2. The highest BCUT2D eigenvalue weighted by Gasteiger charge is 2.40. The number of hydrogen-bond donors (Lipinski definition) is 4. The van der Waals surface area contributed by atoms with Crippen LogP contribution in [0.5, 0.6) is 0 Å². The van der Waals surface area contributed by atoms with Gasteiger partial charge in [0.15, 0.2) is 0 Å². The van der Waals surface area contributed by atoms with Gasteiger partial charge < -0.3 is 20.4 Å². The Morgan fingerprint density at radius 2 is 2.04 bits per heavy atom. The molecule has 1 aromatic rings. The van der Waals surface area contributed by atoms with Crippen LogP contribution in [0.1, 0.15) is 18.4 Å². The molecule has 1 fully saturated rings. The number of piperidine rings is 1. The van der Waals surface area contributed by atoms with Crippen LogP contribution in [0, 0.1) is 10.1 Å². The number of aliphatic hydroxyl groups is 4. The highest BCUT2D eigenvalue weighted by atomic mass is 16.6. The molecule has 0 bridgehead atoms. The zero-order valence-corrected chi connectivity index (χ0v) is 14.6. The van der Waals surface area contributed by atoms with Gasteiger partial charge in [0.25, 0.3) is 5.69 Å². The quantitative estimate of drug-likeness (QED) is 0.127. The van der Waals surface area contributed by atoms with Gasteiger partial charge in [-0.05, 0) is 31.3 Å². The van der Waals surface area contributed by atoms with E-state index in [1.807, 2.05) is 0 Å². The SMILES string of the molecule is [N-]=[N+]=Nc1ccc(CCCCN2C[C@H](O)[C@@H](O)[C@H](O)[C@H]2CO)c([N+](=O)[O-])c1. The topological polar surface area (TPSA) is 176 Å². The Bertz CT molecular complexity index is 711. The Morgan fingerprint density at radius 1 is 1.30 bits per heavy atom. The van der Waals surface area contributed by atoms with Crippen molar-refractivity contribution in [3.05, 3.63) is 44.3 Å². The number of nitro benzene ring substituents is 1. The molecule has 11 heteroatoms. The van der Waals surface area contributed by atoms with E-state index in [1.165, 1.54) is 12.1 Å². The molecule has 0 saturated carbocycles. The van der Waals surface area contributed by atoms with Gasteiger partial charge in [0.1, 0.15) is 12.2 Å². The predicted octanol–water partition coefficient (Wildman–Crippen LogP) is 0.618. The number of aliphatic hydroxyl groups excluding tert-OH is 4. The number of aryl methyl sites for hydroxylation is 1. The minimum atomic E-state index is -1.30. The molecule has 0 unspecified atom stereocenters. The van der Waals surface area contributed by atoms with Crippen LogP contribution in [0.2, 0.25) is 0 Å². The van der Waals surface area contributed by atoms with Crippen LogP contribution in [-0.4, -0.2) is 74.3 Å². The second kappa shape index (κ2) is 9.60.